The Kier molecular flexibility index (Phi) is 2.74. The highest BCUT2D eigenvalue weighted by Crippen LogP contribution is 2.30. The number of fused-ring (bicyclic) bond motifs is 2. The van der Waals surface area contributed by atoms with Gasteiger partial charge in [0.2, 0.25) is 11.6 Å². The number of imidazole rings is 1. The van der Waals surface area contributed by atoms with Crippen LogP contribution in [0.5, 0.6) is 0 Å². The van der Waals surface area contributed by atoms with Crippen molar-refractivity contribution in [2.45, 2.75) is 0 Å². The van der Waals surface area contributed by atoms with E-state index >= 15 is 0 Å². The van der Waals surface area contributed by atoms with Gasteiger partial charge in [-0.2, -0.15) is 0 Å². The predicted molar refractivity (Wildman–Crippen MR) is 82.3 cm³/mol. The molecule has 0 aliphatic heterocycles. The van der Waals surface area contributed by atoms with Crippen molar-refractivity contribution in [2.75, 3.05) is 0 Å². The first-order chi connectivity index (χ1) is 10.7. The molecule has 3 aromatic rings. The van der Waals surface area contributed by atoms with Crippen LogP contribution in [0, 0.1) is 0 Å². The number of aromatic nitrogens is 2. The Hall–Kier alpha value is -2.72. The molecule has 1 aromatic heterocycles. The van der Waals surface area contributed by atoms with Crippen molar-refractivity contribution in [3.8, 4) is 11.4 Å². The number of benzene rings is 2. The molecule has 0 radical (unpaired) electrons. The second-order valence-electron chi connectivity index (χ2n) is 4.99. The second kappa shape index (κ2) is 4.64. The lowest BCUT2D eigenvalue weighted by atomic mass is 9.90. The Labute approximate surface area is 130 Å². The third-order valence-corrected chi connectivity index (χ3v) is 4.02. The summed E-state index contributed by atoms with van der Waals surface area (Å²) in [4.78, 5) is 32.3. The third kappa shape index (κ3) is 1.74. The van der Waals surface area contributed by atoms with E-state index in [2.05, 4.69) is 9.97 Å². The molecule has 4 nitrogen and oxygen atoms in total. The van der Waals surface area contributed by atoms with Gasteiger partial charge in [-0.25, -0.2) is 4.98 Å². The molecule has 1 aliphatic rings. The Balaban J connectivity index is 1.93. The van der Waals surface area contributed by atoms with Crippen molar-refractivity contribution in [3.05, 3.63) is 76.1 Å². The number of rotatable bonds is 1. The second-order valence-corrected chi connectivity index (χ2v) is 5.40. The zero-order valence-corrected chi connectivity index (χ0v) is 12.0. The van der Waals surface area contributed by atoms with E-state index in [1.54, 1.807) is 42.5 Å². The zero-order chi connectivity index (χ0) is 15.3. The number of nitrogens with zero attached hydrogens (tertiary/aromatic N) is 1. The summed E-state index contributed by atoms with van der Waals surface area (Å²) in [6.07, 6.45) is 0. The minimum absolute atomic E-state index is 0.151. The van der Waals surface area contributed by atoms with Crippen LogP contribution in [0.2, 0.25) is 5.02 Å². The van der Waals surface area contributed by atoms with Gasteiger partial charge in [-0.1, -0.05) is 48.0 Å². The topological polar surface area (TPSA) is 62.8 Å². The van der Waals surface area contributed by atoms with Gasteiger partial charge in [-0.05, 0) is 12.1 Å². The molecule has 1 heterocycles. The van der Waals surface area contributed by atoms with E-state index < -0.39 is 0 Å². The maximum atomic E-state index is 12.5. The highest BCUT2D eigenvalue weighted by atomic mass is 35.5. The van der Waals surface area contributed by atoms with E-state index in [1.807, 2.05) is 6.07 Å². The largest absolute Gasteiger partial charge is 0.335 e. The molecule has 106 valence electrons. The quantitative estimate of drug-likeness (QED) is 0.585. The Morgan fingerprint density at radius 1 is 0.818 bits per heavy atom. The fraction of sp³-hybridized carbons (Fsp3) is 0. The number of H-pyrrole nitrogens is 1. The molecule has 0 saturated carbocycles. The molecule has 0 spiro atoms. The summed E-state index contributed by atoms with van der Waals surface area (Å²) >= 11 is 6.15. The number of hydrogen-bond donors (Lipinski definition) is 1. The van der Waals surface area contributed by atoms with Crippen molar-refractivity contribution in [3.63, 3.8) is 0 Å². The summed E-state index contributed by atoms with van der Waals surface area (Å²) < 4.78 is 0. The first kappa shape index (κ1) is 13.0. The minimum Gasteiger partial charge on any atom is -0.335 e. The lowest BCUT2D eigenvalue weighted by Gasteiger charge is -2.11. The maximum absolute atomic E-state index is 12.5. The summed E-state index contributed by atoms with van der Waals surface area (Å²) in [6.45, 7) is 0. The summed E-state index contributed by atoms with van der Waals surface area (Å²) in [5.41, 5.74) is 1.81. The van der Waals surface area contributed by atoms with Crippen LogP contribution in [0.15, 0.2) is 48.5 Å². The van der Waals surface area contributed by atoms with Gasteiger partial charge in [0.05, 0.1) is 5.02 Å². The van der Waals surface area contributed by atoms with Crippen LogP contribution < -0.4 is 0 Å². The Morgan fingerprint density at radius 3 is 2.09 bits per heavy atom. The van der Waals surface area contributed by atoms with Crippen molar-refractivity contribution in [1.82, 2.24) is 9.97 Å². The fourth-order valence-corrected chi connectivity index (χ4v) is 2.85. The van der Waals surface area contributed by atoms with Gasteiger partial charge in [-0.3, -0.25) is 9.59 Å². The third-order valence-electron chi connectivity index (χ3n) is 3.69. The molecule has 4 rings (SSSR count). The highest BCUT2D eigenvalue weighted by molar-refractivity contribution is 6.33. The van der Waals surface area contributed by atoms with Crippen LogP contribution in [0.1, 0.15) is 32.1 Å². The van der Waals surface area contributed by atoms with Gasteiger partial charge >= 0.3 is 0 Å². The van der Waals surface area contributed by atoms with Gasteiger partial charge in [-0.15, -0.1) is 0 Å². The molecule has 0 atom stereocenters. The Bertz CT molecular complexity index is 891. The normalized spacial score (nSPS) is 13.0. The van der Waals surface area contributed by atoms with Crippen molar-refractivity contribution in [2.24, 2.45) is 0 Å². The fourth-order valence-electron chi connectivity index (χ4n) is 2.62. The molecule has 2 aromatic carbocycles. The summed E-state index contributed by atoms with van der Waals surface area (Å²) in [7, 11) is 0. The molecule has 1 aliphatic carbocycles. The molecule has 5 heteroatoms. The van der Waals surface area contributed by atoms with Crippen molar-refractivity contribution in [1.29, 1.82) is 0 Å². The van der Waals surface area contributed by atoms with E-state index in [0.29, 0.717) is 27.5 Å². The maximum Gasteiger partial charge on any atom is 0.214 e. The van der Waals surface area contributed by atoms with Gasteiger partial charge < -0.3 is 4.98 Å². The van der Waals surface area contributed by atoms with Crippen LogP contribution in [0.4, 0.5) is 0 Å². The van der Waals surface area contributed by atoms with E-state index in [0.717, 1.165) is 0 Å². The van der Waals surface area contributed by atoms with E-state index in [9.17, 15) is 9.59 Å². The van der Waals surface area contributed by atoms with E-state index in [4.69, 9.17) is 11.6 Å². The average molecular weight is 309 g/mol. The molecule has 0 saturated heterocycles. The monoisotopic (exact) mass is 308 g/mol. The number of carbonyl (C=O) groups is 2. The van der Waals surface area contributed by atoms with Gasteiger partial charge in [0.1, 0.15) is 17.2 Å². The minimum atomic E-state index is -0.250. The summed E-state index contributed by atoms with van der Waals surface area (Å²) in [6, 6.07) is 13.9. The molecule has 22 heavy (non-hydrogen) atoms. The predicted octanol–water partition coefficient (Wildman–Crippen LogP) is 3.51. The number of ketones is 2. The van der Waals surface area contributed by atoms with Crippen LogP contribution in [0.25, 0.3) is 11.4 Å². The van der Waals surface area contributed by atoms with Crippen LogP contribution in [-0.4, -0.2) is 21.5 Å². The number of halogens is 1. The smallest absolute Gasteiger partial charge is 0.214 e. The lowest BCUT2D eigenvalue weighted by molar-refractivity contribution is 0.0974. The first-order valence-corrected chi connectivity index (χ1v) is 7.08. The molecule has 0 amide bonds. The number of carbonyl (C=O) groups excluding carboxylic acids is 2. The molecule has 0 bridgehead atoms. The van der Waals surface area contributed by atoms with Gasteiger partial charge in [0.25, 0.3) is 0 Å². The molecular weight excluding hydrogens is 300 g/mol. The van der Waals surface area contributed by atoms with Crippen LogP contribution in [0.3, 0.4) is 0 Å². The molecular formula is C17H9ClN2O2. The standard InChI is InChI=1S/C17H9ClN2O2/c18-12-8-4-3-7-11(12)17-19-13-14(20-17)16(22)10-6-2-1-5-9(10)15(13)21/h1-8H,(H,19,20). The van der Waals surface area contributed by atoms with Crippen LogP contribution in [-0.2, 0) is 0 Å². The number of nitrogens with one attached hydrogen (secondary N) is 1. The van der Waals surface area contributed by atoms with Gasteiger partial charge in [0, 0.05) is 16.7 Å². The summed E-state index contributed by atoms with van der Waals surface area (Å²) in [5, 5.41) is 0.506. The van der Waals surface area contributed by atoms with Gasteiger partial charge in [0.15, 0.2) is 0 Å². The number of hydrogen-bond acceptors (Lipinski definition) is 3. The average Bonchev–Trinajstić information content (AvgIpc) is 2.98. The lowest BCUT2D eigenvalue weighted by Crippen LogP contribution is -2.20. The van der Waals surface area contributed by atoms with Crippen molar-refractivity contribution >= 4 is 23.2 Å². The van der Waals surface area contributed by atoms with E-state index in [-0.39, 0.29) is 23.0 Å². The van der Waals surface area contributed by atoms with E-state index in [1.165, 1.54) is 0 Å². The molecule has 0 unspecified atom stereocenters. The zero-order valence-electron chi connectivity index (χ0n) is 11.3. The highest BCUT2D eigenvalue weighted by Gasteiger charge is 2.33. The van der Waals surface area contributed by atoms with Crippen LogP contribution >= 0.6 is 11.6 Å². The number of aromatic amines is 1. The molecule has 0 fully saturated rings. The summed E-state index contributed by atoms with van der Waals surface area (Å²) in [5.74, 6) is -0.0548. The first-order valence-electron chi connectivity index (χ1n) is 6.70. The molecule has 1 N–H and O–H groups in total. The Morgan fingerprint density at radius 2 is 1.41 bits per heavy atom. The van der Waals surface area contributed by atoms with Crippen molar-refractivity contribution < 1.29 is 9.59 Å². The SMILES string of the molecule is O=C1c2ccccc2C(=O)c2[nH]c(-c3ccccc3Cl)nc21.